The number of nitrogens with one attached hydrogen (secondary N) is 2. The van der Waals surface area contributed by atoms with E-state index in [1.807, 2.05) is 6.07 Å². The molecule has 0 unspecified atom stereocenters. The maximum atomic E-state index is 12.1. The Balaban J connectivity index is 1.48. The van der Waals surface area contributed by atoms with Gasteiger partial charge in [0.25, 0.3) is 5.91 Å². The van der Waals surface area contributed by atoms with Crippen LogP contribution >= 0.6 is 0 Å². The van der Waals surface area contributed by atoms with Crippen LogP contribution in [0.5, 0.6) is 0 Å². The summed E-state index contributed by atoms with van der Waals surface area (Å²) >= 11 is 0. The molecule has 0 heterocycles. The molecule has 146 valence electrons. The van der Waals surface area contributed by atoms with E-state index in [9.17, 15) is 14.4 Å². The molecule has 0 bridgehead atoms. The van der Waals surface area contributed by atoms with E-state index in [0.717, 1.165) is 18.4 Å². The van der Waals surface area contributed by atoms with Gasteiger partial charge in [-0.1, -0.05) is 24.3 Å². The summed E-state index contributed by atoms with van der Waals surface area (Å²) in [6, 6.07) is 12.9. The van der Waals surface area contributed by atoms with Crippen molar-refractivity contribution in [2.24, 2.45) is 0 Å². The largest absolute Gasteiger partial charge is 0.455 e. The summed E-state index contributed by atoms with van der Waals surface area (Å²) in [5, 5.41) is 5.29. The zero-order chi connectivity index (χ0) is 19.9. The fraction of sp³-hybridized carbons (Fsp3) is 0.318. The molecule has 0 fully saturated rings. The fourth-order valence-corrected chi connectivity index (χ4v) is 3.34. The van der Waals surface area contributed by atoms with E-state index in [1.165, 1.54) is 30.9 Å². The summed E-state index contributed by atoms with van der Waals surface area (Å²) < 4.78 is 5.10. The Kier molecular flexibility index (Phi) is 6.42. The molecule has 0 radical (unpaired) electrons. The van der Waals surface area contributed by atoms with Crippen LogP contribution in [0.2, 0.25) is 0 Å². The van der Waals surface area contributed by atoms with Crippen LogP contribution < -0.4 is 10.6 Å². The lowest BCUT2D eigenvalue weighted by Crippen LogP contribution is -2.21. The van der Waals surface area contributed by atoms with Crippen LogP contribution in [-0.2, 0) is 38.4 Å². The highest BCUT2D eigenvalue weighted by atomic mass is 16.5. The van der Waals surface area contributed by atoms with Crippen molar-refractivity contribution < 1.29 is 19.1 Å². The molecule has 0 aliphatic heterocycles. The van der Waals surface area contributed by atoms with E-state index in [0.29, 0.717) is 11.4 Å². The third-order valence-corrected chi connectivity index (χ3v) is 4.59. The standard InChI is InChI=1S/C22H24N2O4/c1-15(25)23-19-7-4-8-20(13-19)24-21(26)14-28-22(27)12-16-9-10-17-5-2-3-6-18(17)11-16/h4,7-11,13H,2-3,5-6,12,14H2,1H3,(H,23,25)(H,24,26). The fourth-order valence-electron chi connectivity index (χ4n) is 3.34. The predicted molar refractivity (Wildman–Crippen MR) is 107 cm³/mol. The van der Waals surface area contributed by atoms with E-state index in [2.05, 4.69) is 22.8 Å². The summed E-state index contributed by atoms with van der Waals surface area (Å²) in [5.41, 5.74) is 4.68. The minimum Gasteiger partial charge on any atom is -0.455 e. The van der Waals surface area contributed by atoms with Crippen LogP contribution in [-0.4, -0.2) is 24.4 Å². The van der Waals surface area contributed by atoms with Crippen LogP contribution in [0.3, 0.4) is 0 Å². The van der Waals surface area contributed by atoms with Gasteiger partial charge in [0.05, 0.1) is 6.42 Å². The Morgan fingerprint density at radius 1 is 0.929 bits per heavy atom. The van der Waals surface area contributed by atoms with Gasteiger partial charge in [0.2, 0.25) is 5.91 Å². The van der Waals surface area contributed by atoms with Gasteiger partial charge >= 0.3 is 5.97 Å². The average Bonchev–Trinajstić information content (AvgIpc) is 2.66. The number of hydrogen-bond donors (Lipinski definition) is 2. The highest BCUT2D eigenvalue weighted by Crippen LogP contribution is 2.22. The van der Waals surface area contributed by atoms with Gasteiger partial charge in [-0.05, 0) is 60.6 Å². The minimum atomic E-state index is -0.432. The SMILES string of the molecule is CC(=O)Nc1cccc(NC(=O)COC(=O)Cc2ccc3c(c2)CCCC3)c1. The summed E-state index contributed by atoms with van der Waals surface area (Å²) in [4.78, 5) is 35.2. The number of benzene rings is 2. The van der Waals surface area contributed by atoms with E-state index in [1.54, 1.807) is 24.3 Å². The number of hydrogen-bond acceptors (Lipinski definition) is 4. The van der Waals surface area contributed by atoms with Gasteiger partial charge in [0.1, 0.15) is 0 Å². The lowest BCUT2D eigenvalue weighted by atomic mass is 9.90. The predicted octanol–water partition coefficient (Wildman–Crippen LogP) is 3.25. The first-order chi connectivity index (χ1) is 13.5. The van der Waals surface area contributed by atoms with E-state index in [-0.39, 0.29) is 18.9 Å². The van der Waals surface area contributed by atoms with Crippen molar-refractivity contribution >= 4 is 29.2 Å². The Labute approximate surface area is 164 Å². The molecule has 2 N–H and O–H groups in total. The van der Waals surface area contributed by atoms with E-state index in [4.69, 9.17) is 4.74 Å². The van der Waals surface area contributed by atoms with Crippen molar-refractivity contribution in [1.82, 2.24) is 0 Å². The van der Waals surface area contributed by atoms with Crippen molar-refractivity contribution in [3.63, 3.8) is 0 Å². The van der Waals surface area contributed by atoms with Crippen molar-refractivity contribution in [2.45, 2.75) is 39.0 Å². The molecule has 2 aromatic carbocycles. The van der Waals surface area contributed by atoms with E-state index < -0.39 is 11.9 Å². The number of anilines is 2. The number of fused-ring (bicyclic) bond motifs is 1. The smallest absolute Gasteiger partial charge is 0.310 e. The molecular weight excluding hydrogens is 356 g/mol. The molecule has 1 aliphatic carbocycles. The Morgan fingerprint density at radius 3 is 2.39 bits per heavy atom. The monoisotopic (exact) mass is 380 g/mol. The molecule has 1 aliphatic rings. The first kappa shape index (κ1) is 19.6. The number of aryl methyl sites for hydroxylation is 2. The number of ether oxygens (including phenoxy) is 1. The quantitative estimate of drug-likeness (QED) is 0.754. The number of carbonyl (C=O) groups is 3. The average molecular weight is 380 g/mol. The molecule has 2 aromatic rings. The maximum absolute atomic E-state index is 12.1. The first-order valence-corrected chi connectivity index (χ1v) is 9.43. The van der Waals surface area contributed by atoms with E-state index >= 15 is 0 Å². The minimum absolute atomic E-state index is 0.151. The number of amides is 2. The van der Waals surface area contributed by atoms with Gasteiger partial charge in [-0.2, -0.15) is 0 Å². The van der Waals surface area contributed by atoms with Crippen molar-refractivity contribution in [3.05, 3.63) is 59.2 Å². The number of rotatable bonds is 6. The van der Waals surface area contributed by atoms with Crippen LogP contribution in [0, 0.1) is 0 Å². The van der Waals surface area contributed by atoms with Gasteiger partial charge in [-0.3, -0.25) is 14.4 Å². The molecule has 28 heavy (non-hydrogen) atoms. The van der Waals surface area contributed by atoms with Crippen molar-refractivity contribution in [3.8, 4) is 0 Å². The molecule has 3 rings (SSSR count). The van der Waals surface area contributed by atoms with Gasteiger partial charge in [-0.15, -0.1) is 0 Å². The first-order valence-electron chi connectivity index (χ1n) is 9.43. The second-order valence-electron chi connectivity index (χ2n) is 6.96. The molecule has 6 heteroatoms. The third kappa shape index (κ3) is 5.67. The normalized spacial score (nSPS) is 12.6. The van der Waals surface area contributed by atoms with Gasteiger partial charge < -0.3 is 15.4 Å². The van der Waals surface area contributed by atoms with Crippen molar-refractivity contribution in [2.75, 3.05) is 17.2 Å². The third-order valence-electron chi connectivity index (χ3n) is 4.59. The molecule has 0 saturated carbocycles. The zero-order valence-electron chi connectivity index (χ0n) is 15.9. The number of carbonyl (C=O) groups excluding carboxylic acids is 3. The maximum Gasteiger partial charge on any atom is 0.310 e. The lowest BCUT2D eigenvalue weighted by Gasteiger charge is -2.16. The Morgan fingerprint density at radius 2 is 1.64 bits per heavy atom. The highest BCUT2D eigenvalue weighted by molar-refractivity contribution is 5.94. The molecule has 0 atom stereocenters. The zero-order valence-corrected chi connectivity index (χ0v) is 15.9. The molecule has 0 spiro atoms. The molecular formula is C22H24N2O4. The Bertz CT molecular complexity index is 892. The lowest BCUT2D eigenvalue weighted by molar-refractivity contribution is -0.146. The Hall–Kier alpha value is -3.15. The molecule has 6 nitrogen and oxygen atoms in total. The van der Waals surface area contributed by atoms with Crippen LogP contribution in [0.1, 0.15) is 36.5 Å². The summed E-state index contributed by atoms with van der Waals surface area (Å²) in [5.74, 6) is -1.06. The molecule has 0 aromatic heterocycles. The molecule has 2 amide bonds. The van der Waals surface area contributed by atoms with Crippen molar-refractivity contribution in [1.29, 1.82) is 0 Å². The van der Waals surface area contributed by atoms with Crippen LogP contribution in [0.4, 0.5) is 11.4 Å². The summed E-state index contributed by atoms with van der Waals surface area (Å²) in [7, 11) is 0. The highest BCUT2D eigenvalue weighted by Gasteiger charge is 2.13. The second-order valence-corrected chi connectivity index (χ2v) is 6.96. The topological polar surface area (TPSA) is 84.5 Å². The van der Waals surface area contributed by atoms with Gasteiger partial charge in [0, 0.05) is 18.3 Å². The summed E-state index contributed by atoms with van der Waals surface area (Å²) in [6.45, 7) is 1.06. The van der Waals surface area contributed by atoms with Gasteiger partial charge in [0.15, 0.2) is 6.61 Å². The molecule has 0 saturated heterocycles. The van der Waals surface area contributed by atoms with Crippen LogP contribution in [0.15, 0.2) is 42.5 Å². The number of esters is 1. The second kappa shape index (κ2) is 9.17. The van der Waals surface area contributed by atoms with Crippen LogP contribution in [0.25, 0.3) is 0 Å². The van der Waals surface area contributed by atoms with Gasteiger partial charge in [-0.25, -0.2) is 0 Å². The summed E-state index contributed by atoms with van der Waals surface area (Å²) in [6.07, 6.45) is 4.71.